The van der Waals surface area contributed by atoms with E-state index < -0.39 is 6.10 Å². The highest BCUT2D eigenvalue weighted by Crippen LogP contribution is 2.23. The van der Waals surface area contributed by atoms with Gasteiger partial charge in [0.1, 0.15) is 0 Å². The molecule has 1 atom stereocenters. The predicted molar refractivity (Wildman–Crippen MR) is 77.3 cm³/mol. The summed E-state index contributed by atoms with van der Waals surface area (Å²) in [6.07, 6.45) is -0.422. The lowest BCUT2D eigenvalue weighted by molar-refractivity contribution is -0.0933. The van der Waals surface area contributed by atoms with Crippen LogP contribution in [0, 0.1) is 13.8 Å². The van der Waals surface area contributed by atoms with Crippen molar-refractivity contribution in [1.29, 1.82) is 0 Å². The minimum Gasteiger partial charge on any atom is -0.387 e. The van der Waals surface area contributed by atoms with Gasteiger partial charge in [0.2, 0.25) is 0 Å². The maximum atomic E-state index is 10.4. The molecule has 1 aliphatic heterocycles. The fourth-order valence-electron chi connectivity index (χ4n) is 2.81. The molecule has 3 heteroatoms. The second kappa shape index (κ2) is 5.61. The molecular formula is C16H25NO2. The largest absolute Gasteiger partial charge is 0.387 e. The van der Waals surface area contributed by atoms with Gasteiger partial charge in [-0.2, -0.15) is 0 Å². The van der Waals surface area contributed by atoms with Crippen molar-refractivity contribution in [3.63, 3.8) is 0 Å². The van der Waals surface area contributed by atoms with E-state index in [0.29, 0.717) is 6.54 Å². The number of hydrogen-bond acceptors (Lipinski definition) is 3. The number of aryl methyl sites for hydroxylation is 2. The number of ether oxygens (including phenoxy) is 1. The maximum absolute atomic E-state index is 10.4. The number of benzene rings is 1. The molecule has 0 radical (unpaired) electrons. The van der Waals surface area contributed by atoms with Gasteiger partial charge in [-0.25, -0.2) is 0 Å². The average Bonchev–Trinajstić information content (AvgIpc) is 2.27. The molecule has 1 fully saturated rings. The van der Waals surface area contributed by atoms with E-state index in [9.17, 15) is 5.11 Å². The Hall–Kier alpha value is -0.900. The molecule has 1 saturated heterocycles. The Labute approximate surface area is 116 Å². The molecule has 1 aromatic carbocycles. The van der Waals surface area contributed by atoms with Crippen LogP contribution in [0.1, 0.15) is 36.6 Å². The van der Waals surface area contributed by atoms with E-state index in [4.69, 9.17) is 4.74 Å². The zero-order valence-electron chi connectivity index (χ0n) is 12.4. The molecule has 3 nitrogen and oxygen atoms in total. The van der Waals surface area contributed by atoms with Crippen molar-refractivity contribution >= 4 is 0 Å². The molecule has 0 saturated carbocycles. The third-order valence-electron chi connectivity index (χ3n) is 3.72. The fourth-order valence-corrected chi connectivity index (χ4v) is 2.81. The van der Waals surface area contributed by atoms with Crippen LogP contribution in [0.3, 0.4) is 0 Å². The van der Waals surface area contributed by atoms with Crippen molar-refractivity contribution in [3.8, 4) is 0 Å². The van der Waals surface area contributed by atoms with E-state index >= 15 is 0 Å². The Kier molecular flexibility index (Phi) is 4.29. The maximum Gasteiger partial charge on any atom is 0.0919 e. The van der Waals surface area contributed by atoms with Crippen molar-refractivity contribution in [1.82, 2.24) is 4.90 Å². The molecule has 0 amide bonds. The molecule has 1 aliphatic rings. The molecule has 0 aliphatic carbocycles. The monoisotopic (exact) mass is 263 g/mol. The van der Waals surface area contributed by atoms with Crippen molar-refractivity contribution in [3.05, 3.63) is 34.9 Å². The third kappa shape index (κ3) is 3.78. The number of morpholine rings is 1. The van der Waals surface area contributed by atoms with Crippen LogP contribution in [0.25, 0.3) is 0 Å². The van der Waals surface area contributed by atoms with Gasteiger partial charge in [0.15, 0.2) is 0 Å². The summed E-state index contributed by atoms with van der Waals surface area (Å²) in [5.74, 6) is 0. The second-order valence-corrected chi connectivity index (χ2v) is 6.22. The van der Waals surface area contributed by atoms with Crippen LogP contribution in [0.2, 0.25) is 0 Å². The minimum atomic E-state index is -0.422. The number of hydrogen-bond donors (Lipinski definition) is 1. The molecule has 0 aromatic heterocycles. The molecule has 1 unspecified atom stereocenters. The van der Waals surface area contributed by atoms with E-state index in [1.165, 1.54) is 11.1 Å². The first-order valence-corrected chi connectivity index (χ1v) is 6.99. The van der Waals surface area contributed by atoms with E-state index in [1.54, 1.807) is 0 Å². The zero-order valence-corrected chi connectivity index (χ0v) is 12.4. The van der Waals surface area contributed by atoms with Crippen molar-refractivity contribution in [2.45, 2.75) is 39.4 Å². The lowest BCUT2D eigenvalue weighted by Crippen LogP contribution is -2.49. The molecule has 1 heterocycles. The van der Waals surface area contributed by atoms with Gasteiger partial charge in [0.25, 0.3) is 0 Å². The Morgan fingerprint density at radius 2 is 2.11 bits per heavy atom. The van der Waals surface area contributed by atoms with Crippen LogP contribution in [0.15, 0.2) is 18.2 Å². The van der Waals surface area contributed by atoms with Crippen LogP contribution in [0.4, 0.5) is 0 Å². The summed E-state index contributed by atoms with van der Waals surface area (Å²) < 4.78 is 5.70. The van der Waals surface area contributed by atoms with E-state index in [-0.39, 0.29) is 5.60 Å². The van der Waals surface area contributed by atoms with Crippen molar-refractivity contribution in [2.24, 2.45) is 0 Å². The number of β-amino-alcohol motifs (C(OH)–C–C–N with tert-alkyl or cyclic N) is 1. The summed E-state index contributed by atoms with van der Waals surface area (Å²) in [4.78, 5) is 2.29. The Bertz CT molecular complexity index is 442. The lowest BCUT2D eigenvalue weighted by Gasteiger charge is -2.39. The van der Waals surface area contributed by atoms with Crippen LogP contribution >= 0.6 is 0 Å². The molecule has 2 rings (SSSR count). The lowest BCUT2D eigenvalue weighted by atomic mass is 10.00. The van der Waals surface area contributed by atoms with E-state index in [2.05, 4.69) is 44.7 Å². The van der Waals surface area contributed by atoms with Crippen molar-refractivity contribution < 1.29 is 9.84 Å². The highest BCUT2D eigenvalue weighted by atomic mass is 16.5. The summed E-state index contributed by atoms with van der Waals surface area (Å²) in [5, 5.41) is 10.4. The van der Waals surface area contributed by atoms with E-state index in [1.807, 2.05) is 6.07 Å². The van der Waals surface area contributed by atoms with Crippen LogP contribution in [0.5, 0.6) is 0 Å². The highest BCUT2D eigenvalue weighted by Gasteiger charge is 2.28. The molecule has 1 aromatic rings. The molecule has 0 bridgehead atoms. The predicted octanol–water partition coefficient (Wildman–Crippen LogP) is 2.45. The Balaban J connectivity index is 2.02. The topological polar surface area (TPSA) is 32.7 Å². The first-order valence-electron chi connectivity index (χ1n) is 6.99. The van der Waals surface area contributed by atoms with Gasteiger partial charge in [-0.1, -0.05) is 23.8 Å². The highest BCUT2D eigenvalue weighted by molar-refractivity contribution is 5.32. The minimum absolute atomic E-state index is 0.111. The van der Waals surface area contributed by atoms with Crippen LogP contribution in [-0.2, 0) is 4.74 Å². The Morgan fingerprint density at radius 1 is 1.37 bits per heavy atom. The van der Waals surface area contributed by atoms with Gasteiger partial charge in [0, 0.05) is 19.6 Å². The van der Waals surface area contributed by atoms with Crippen molar-refractivity contribution in [2.75, 3.05) is 26.2 Å². The SMILES string of the molecule is Cc1ccc(C(O)CN2CCOC(C)(C)C2)c(C)c1. The van der Waals surface area contributed by atoms with Gasteiger partial charge < -0.3 is 9.84 Å². The number of aliphatic hydroxyl groups is 1. The zero-order chi connectivity index (χ0) is 14.0. The van der Waals surface area contributed by atoms with Crippen LogP contribution in [-0.4, -0.2) is 41.8 Å². The summed E-state index contributed by atoms with van der Waals surface area (Å²) in [6, 6.07) is 6.23. The summed E-state index contributed by atoms with van der Waals surface area (Å²) in [7, 11) is 0. The smallest absolute Gasteiger partial charge is 0.0919 e. The van der Waals surface area contributed by atoms with Gasteiger partial charge in [-0.15, -0.1) is 0 Å². The quantitative estimate of drug-likeness (QED) is 0.909. The first-order chi connectivity index (χ1) is 8.87. The normalized spacial score (nSPS) is 21.3. The number of aliphatic hydroxyl groups excluding tert-OH is 1. The second-order valence-electron chi connectivity index (χ2n) is 6.22. The Morgan fingerprint density at radius 3 is 2.74 bits per heavy atom. The number of nitrogens with zero attached hydrogens (tertiary/aromatic N) is 1. The summed E-state index contributed by atoms with van der Waals surface area (Å²) in [6.45, 7) is 11.5. The standard InChI is InChI=1S/C16H25NO2/c1-12-5-6-14(13(2)9-12)15(18)10-17-7-8-19-16(3,4)11-17/h5-6,9,15,18H,7-8,10-11H2,1-4H3. The van der Waals surface area contributed by atoms with Gasteiger partial charge in [-0.3, -0.25) is 4.90 Å². The fraction of sp³-hybridized carbons (Fsp3) is 0.625. The number of rotatable bonds is 3. The van der Waals surface area contributed by atoms with E-state index in [0.717, 1.165) is 25.3 Å². The molecule has 106 valence electrons. The first kappa shape index (κ1) is 14.5. The molecular weight excluding hydrogens is 238 g/mol. The van der Waals surface area contributed by atoms with Gasteiger partial charge in [-0.05, 0) is 38.8 Å². The van der Waals surface area contributed by atoms with Crippen LogP contribution < -0.4 is 0 Å². The molecule has 1 N–H and O–H groups in total. The summed E-state index contributed by atoms with van der Waals surface area (Å²) >= 11 is 0. The molecule has 19 heavy (non-hydrogen) atoms. The third-order valence-corrected chi connectivity index (χ3v) is 3.72. The van der Waals surface area contributed by atoms with Gasteiger partial charge in [0.05, 0.1) is 18.3 Å². The molecule has 0 spiro atoms. The summed E-state index contributed by atoms with van der Waals surface area (Å²) in [5.41, 5.74) is 3.33. The average molecular weight is 263 g/mol. The van der Waals surface area contributed by atoms with Gasteiger partial charge >= 0.3 is 0 Å².